The van der Waals surface area contributed by atoms with Gasteiger partial charge in [0.25, 0.3) is 0 Å². The van der Waals surface area contributed by atoms with Crippen LogP contribution in [0.3, 0.4) is 0 Å². The normalized spacial score (nSPS) is 28.5. The SMILES string of the molecule is CC(C)[C@H]1CC[C@H](C)C[C@H]1OC[C@H](O)CN1CCN(c2ccccc2)CC1. The number of ether oxygens (including phenoxy) is 1. The van der Waals surface area contributed by atoms with Gasteiger partial charge in [-0.25, -0.2) is 0 Å². The molecule has 1 N–H and O–H groups in total. The highest BCUT2D eigenvalue weighted by Crippen LogP contribution is 2.35. The maximum absolute atomic E-state index is 10.5. The molecule has 1 heterocycles. The number of hydrogen-bond donors (Lipinski definition) is 1. The van der Waals surface area contributed by atoms with E-state index in [9.17, 15) is 5.11 Å². The molecule has 2 fully saturated rings. The number of piperazine rings is 1. The Balaban J connectivity index is 1.40. The van der Waals surface area contributed by atoms with Crippen molar-refractivity contribution in [3.63, 3.8) is 0 Å². The highest BCUT2D eigenvalue weighted by molar-refractivity contribution is 5.46. The number of rotatable bonds is 7. The summed E-state index contributed by atoms with van der Waals surface area (Å²) in [7, 11) is 0. The minimum atomic E-state index is -0.390. The molecular weight excluding hydrogens is 336 g/mol. The highest BCUT2D eigenvalue weighted by Gasteiger charge is 2.32. The van der Waals surface area contributed by atoms with Gasteiger partial charge in [-0.3, -0.25) is 4.90 Å². The van der Waals surface area contributed by atoms with Crippen molar-refractivity contribution in [2.75, 3.05) is 44.2 Å². The van der Waals surface area contributed by atoms with E-state index in [-0.39, 0.29) is 0 Å². The van der Waals surface area contributed by atoms with Gasteiger partial charge >= 0.3 is 0 Å². The van der Waals surface area contributed by atoms with Gasteiger partial charge in [0.15, 0.2) is 0 Å². The van der Waals surface area contributed by atoms with Crippen LogP contribution < -0.4 is 4.90 Å². The summed E-state index contributed by atoms with van der Waals surface area (Å²) in [5.41, 5.74) is 1.30. The summed E-state index contributed by atoms with van der Waals surface area (Å²) < 4.78 is 6.23. The van der Waals surface area contributed by atoms with E-state index in [1.54, 1.807) is 0 Å². The van der Waals surface area contributed by atoms with Crippen LogP contribution in [0.25, 0.3) is 0 Å². The summed E-state index contributed by atoms with van der Waals surface area (Å²) >= 11 is 0. The summed E-state index contributed by atoms with van der Waals surface area (Å²) in [5.74, 6) is 2.04. The topological polar surface area (TPSA) is 35.9 Å². The Morgan fingerprint density at radius 1 is 1.07 bits per heavy atom. The second-order valence-electron chi connectivity index (χ2n) is 8.97. The van der Waals surface area contributed by atoms with Crippen LogP contribution in [0.2, 0.25) is 0 Å². The van der Waals surface area contributed by atoms with Gasteiger partial charge < -0.3 is 14.7 Å². The number of hydrogen-bond acceptors (Lipinski definition) is 4. The molecule has 0 radical (unpaired) electrons. The van der Waals surface area contributed by atoms with Crippen LogP contribution in [0.5, 0.6) is 0 Å². The maximum Gasteiger partial charge on any atom is 0.0900 e. The minimum Gasteiger partial charge on any atom is -0.389 e. The fourth-order valence-electron chi connectivity index (χ4n) is 4.72. The zero-order chi connectivity index (χ0) is 19.2. The van der Waals surface area contributed by atoms with E-state index in [0.717, 1.165) is 45.1 Å². The Bertz CT molecular complexity index is 543. The first-order chi connectivity index (χ1) is 13.0. The van der Waals surface area contributed by atoms with E-state index in [1.165, 1.54) is 18.5 Å². The third-order valence-electron chi connectivity index (χ3n) is 6.43. The van der Waals surface area contributed by atoms with Crippen molar-refractivity contribution < 1.29 is 9.84 Å². The Hall–Kier alpha value is -1.10. The van der Waals surface area contributed by atoms with Gasteiger partial charge in [-0.15, -0.1) is 0 Å². The zero-order valence-electron chi connectivity index (χ0n) is 17.4. The number of anilines is 1. The minimum absolute atomic E-state index is 0.318. The first kappa shape index (κ1) is 20.6. The molecule has 4 atom stereocenters. The number of benzene rings is 1. The van der Waals surface area contributed by atoms with Crippen LogP contribution in [0.4, 0.5) is 5.69 Å². The van der Waals surface area contributed by atoms with Gasteiger partial charge in [0.2, 0.25) is 0 Å². The van der Waals surface area contributed by atoms with Crippen molar-refractivity contribution in [1.29, 1.82) is 0 Å². The Labute approximate surface area is 165 Å². The van der Waals surface area contributed by atoms with Crippen molar-refractivity contribution >= 4 is 5.69 Å². The van der Waals surface area contributed by atoms with Crippen LogP contribution in [0.1, 0.15) is 40.0 Å². The van der Waals surface area contributed by atoms with Crippen molar-refractivity contribution in [3.05, 3.63) is 30.3 Å². The lowest BCUT2D eigenvalue weighted by molar-refractivity contribution is -0.0740. The highest BCUT2D eigenvalue weighted by atomic mass is 16.5. The molecule has 0 bridgehead atoms. The fourth-order valence-corrected chi connectivity index (χ4v) is 4.72. The molecule has 0 spiro atoms. The summed E-state index contributed by atoms with van der Waals surface area (Å²) in [6.07, 6.45) is 3.65. The number of aliphatic hydroxyl groups is 1. The second kappa shape index (κ2) is 9.90. The van der Waals surface area contributed by atoms with E-state index < -0.39 is 6.10 Å². The molecule has 1 aromatic carbocycles. The largest absolute Gasteiger partial charge is 0.389 e. The number of β-amino-alcohol motifs (C(OH)–C–C–N with tert-alkyl or cyclic N) is 1. The molecule has 0 unspecified atom stereocenters. The van der Waals surface area contributed by atoms with Gasteiger partial charge in [0.1, 0.15) is 0 Å². The standard InChI is InChI=1S/C23H38N2O2/c1-18(2)22-10-9-19(3)15-23(22)27-17-21(26)16-24-11-13-25(14-12-24)20-7-5-4-6-8-20/h4-8,18-19,21-23,26H,9-17H2,1-3H3/t19-,21+,22+,23+/m0/s1. The molecule has 4 nitrogen and oxygen atoms in total. The van der Waals surface area contributed by atoms with Crippen LogP contribution in [-0.2, 0) is 4.74 Å². The fraction of sp³-hybridized carbons (Fsp3) is 0.739. The lowest BCUT2D eigenvalue weighted by Crippen LogP contribution is -2.49. The molecule has 1 saturated carbocycles. The first-order valence-electron chi connectivity index (χ1n) is 10.8. The van der Waals surface area contributed by atoms with Crippen LogP contribution in [0.15, 0.2) is 30.3 Å². The van der Waals surface area contributed by atoms with Crippen molar-refractivity contribution in [2.45, 2.75) is 52.2 Å². The zero-order valence-corrected chi connectivity index (χ0v) is 17.4. The summed E-state index contributed by atoms with van der Waals surface area (Å²) in [4.78, 5) is 4.80. The van der Waals surface area contributed by atoms with Crippen molar-refractivity contribution in [3.8, 4) is 0 Å². The first-order valence-corrected chi connectivity index (χ1v) is 10.8. The second-order valence-corrected chi connectivity index (χ2v) is 8.97. The summed E-state index contributed by atoms with van der Waals surface area (Å²) in [6.45, 7) is 12.2. The Kier molecular flexibility index (Phi) is 7.57. The molecule has 4 heteroatoms. The van der Waals surface area contributed by atoms with Crippen LogP contribution in [-0.4, -0.2) is 61.5 Å². The molecule has 27 heavy (non-hydrogen) atoms. The molecule has 1 aromatic rings. The lowest BCUT2D eigenvalue weighted by atomic mass is 9.75. The Morgan fingerprint density at radius 3 is 2.44 bits per heavy atom. The molecule has 1 aliphatic heterocycles. The van der Waals surface area contributed by atoms with Gasteiger partial charge in [-0.2, -0.15) is 0 Å². The van der Waals surface area contributed by atoms with E-state index in [0.29, 0.717) is 24.5 Å². The third kappa shape index (κ3) is 5.94. The predicted octanol–water partition coefficient (Wildman–Crippen LogP) is 3.65. The monoisotopic (exact) mass is 374 g/mol. The van der Waals surface area contributed by atoms with E-state index in [2.05, 4.69) is 60.9 Å². The molecule has 2 aliphatic rings. The summed E-state index contributed by atoms with van der Waals surface area (Å²) in [5, 5.41) is 10.5. The molecule has 152 valence electrons. The Morgan fingerprint density at radius 2 is 1.78 bits per heavy atom. The average molecular weight is 375 g/mol. The summed E-state index contributed by atoms with van der Waals surface area (Å²) in [6, 6.07) is 10.6. The van der Waals surface area contributed by atoms with Crippen LogP contribution in [0, 0.1) is 17.8 Å². The molecule has 0 aromatic heterocycles. The number of nitrogens with zero attached hydrogens (tertiary/aromatic N) is 2. The van der Waals surface area contributed by atoms with Crippen molar-refractivity contribution in [1.82, 2.24) is 4.90 Å². The lowest BCUT2D eigenvalue weighted by Gasteiger charge is -2.39. The van der Waals surface area contributed by atoms with Crippen molar-refractivity contribution in [2.24, 2.45) is 17.8 Å². The quantitative estimate of drug-likeness (QED) is 0.790. The van der Waals surface area contributed by atoms with Gasteiger partial charge in [-0.1, -0.05) is 45.4 Å². The molecular formula is C23H38N2O2. The van der Waals surface area contributed by atoms with Gasteiger partial charge in [-0.05, 0) is 42.7 Å². The van der Waals surface area contributed by atoms with Gasteiger partial charge in [0.05, 0.1) is 18.8 Å². The van der Waals surface area contributed by atoms with E-state index >= 15 is 0 Å². The average Bonchev–Trinajstić information content (AvgIpc) is 2.67. The van der Waals surface area contributed by atoms with E-state index in [4.69, 9.17) is 4.74 Å². The predicted molar refractivity (Wildman–Crippen MR) is 112 cm³/mol. The maximum atomic E-state index is 10.5. The molecule has 1 saturated heterocycles. The van der Waals surface area contributed by atoms with Gasteiger partial charge in [0, 0.05) is 38.4 Å². The molecule has 0 amide bonds. The van der Waals surface area contributed by atoms with E-state index in [1.807, 2.05) is 0 Å². The smallest absolute Gasteiger partial charge is 0.0900 e. The number of para-hydroxylation sites is 1. The number of aliphatic hydroxyl groups excluding tert-OH is 1. The molecule has 1 aliphatic carbocycles. The third-order valence-corrected chi connectivity index (χ3v) is 6.43. The van der Waals surface area contributed by atoms with Crippen LogP contribution >= 0.6 is 0 Å². The molecule has 3 rings (SSSR count).